The van der Waals surface area contributed by atoms with Gasteiger partial charge in [0.1, 0.15) is 0 Å². The van der Waals surface area contributed by atoms with Crippen molar-refractivity contribution < 1.29 is 19.0 Å². The van der Waals surface area contributed by atoms with Gasteiger partial charge >= 0.3 is 5.97 Å². The lowest BCUT2D eigenvalue weighted by atomic mass is 10.0. The van der Waals surface area contributed by atoms with Crippen LogP contribution < -0.4 is 0 Å². The zero-order chi connectivity index (χ0) is 22.5. The number of hydrogen-bond donors (Lipinski definition) is 1. The molecule has 1 unspecified atom stereocenters. The van der Waals surface area contributed by atoms with Crippen LogP contribution in [-0.2, 0) is 14.1 Å². The van der Waals surface area contributed by atoms with Crippen molar-refractivity contribution in [3.63, 3.8) is 0 Å². The number of hydrogen-bond acceptors (Lipinski definition) is 3. The van der Waals surface area contributed by atoms with Crippen LogP contribution in [0.1, 0.15) is 123 Å². The molecular weight excluding hydrogens is 395 g/mol. The first-order valence-electron chi connectivity index (χ1n) is 12.5. The van der Waals surface area contributed by atoms with E-state index in [1.807, 2.05) is 0 Å². The Balaban J connectivity index is 3.35. The highest BCUT2D eigenvalue weighted by molar-refractivity contribution is 7.57. The highest BCUT2D eigenvalue weighted by Gasteiger charge is 2.17. The largest absolute Gasteiger partial charge is 0.462 e. The summed E-state index contributed by atoms with van der Waals surface area (Å²) in [6.07, 6.45) is 21.9. The van der Waals surface area contributed by atoms with E-state index in [0.717, 1.165) is 19.3 Å². The summed E-state index contributed by atoms with van der Waals surface area (Å²) in [6.45, 7) is 7.56. The Morgan fingerprint density at radius 3 is 1.50 bits per heavy atom. The lowest BCUT2D eigenvalue weighted by Crippen LogP contribution is -2.08. The number of rotatable bonds is 22. The molecule has 178 valence electrons. The molecule has 1 atom stereocenters. The maximum atomic E-state index is 12.1. The van der Waals surface area contributed by atoms with E-state index >= 15 is 0 Å². The Hall–Kier alpha value is -0.600. The molecular formula is C25H49O4P. The van der Waals surface area contributed by atoms with Crippen LogP contribution in [0.3, 0.4) is 0 Å². The molecule has 0 heterocycles. The number of carbonyl (C=O) groups is 1. The van der Waals surface area contributed by atoms with Gasteiger partial charge in [0.25, 0.3) is 0 Å². The van der Waals surface area contributed by atoms with Gasteiger partial charge in [0.15, 0.2) is 0 Å². The fourth-order valence-corrected chi connectivity index (χ4v) is 5.18. The minimum atomic E-state index is -3.08. The molecule has 1 N–H and O–H groups in total. The molecule has 0 amide bonds. The van der Waals surface area contributed by atoms with Crippen molar-refractivity contribution in [2.45, 2.75) is 123 Å². The van der Waals surface area contributed by atoms with Gasteiger partial charge in [0.05, 0.1) is 6.61 Å². The van der Waals surface area contributed by atoms with Gasteiger partial charge in [-0.15, -0.1) is 0 Å². The Kier molecular flexibility index (Phi) is 19.9. The zero-order valence-electron chi connectivity index (χ0n) is 20.0. The van der Waals surface area contributed by atoms with Crippen LogP contribution in [0.15, 0.2) is 12.2 Å². The monoisotopic (exact) mass is 444 g/mol. The van der Waals surface area contributed by atoms with Crippen LogP contribution in [-0.4, -0.2) is 29.8 Å². The molecule has 0 spiro atoms. The second-order valence-corrected chi connectivity index (χ2v) is 11.5. The van der Waals surface area contributed by atoms with Gasteiger partial charge in [0.2, 0.25) is 7.37 Å². The summed E-state index contributed by atoms with van der Waals surface area (Å²) in [5.41, 5.74) is 0.357. The molecule has 0 saturated heterocycles. The van der Waals surface area contributed by atoms with Gasteiger partial charge in [0, 0.05) is 17.9 Å². The third-order valence-electron chi connectivity index (χ3n) is 5.59. The molecule has 0 aromatic heterocycles. The molecule has 0 saturated carbocycles. The molecule has 0 aromatic rings. The normalized spacial score (nSPS) is 13.2. The van der Waals surface area contributed by atoms with Gasteiger partial charge < -0.3 is 9.63 Å². The number of unbranched alkanes of at least 4 members (excludes halogenated alkanes) is 15. The van der Waals surface area contributed by atoms with Crippen LogP contribution in [0.2, 0.25) is 0 Å². The highest BCUT2D eigenvalue weighted by Crippen LogP contribution is 2.42. The van der Waals surface area contributed by atoms with E-state index in [2.05, 4.69) is 13.5 Å². The van der Waals surface area contributed by atoms with Crippen LogP contribution >= 0.6 is 7.37 Å². The van der Waals surface area contributed by atoms with Crippen molar-refractivity contribution >= 4 is 13.3 Å². The van der Waals surface area contributed by atoms with Gasteiger partial charge in [-0.25, -0.2) is 4.79 Å². The van der Waals surface area contributed by atoms with Gasteiger partial charge in [-0.2, -0.15) is 0 Å². The van der Waals surface area contributed by atoms with Crippen molar-refractivity contribution in [1.82, 2.24) is 0 Å². The van der Waals surface area contributed by atoms with Crippen LogP contribution in [0, 0.1) is 0 Å². The second kappa shape index (κ2) is 20.3. The van der Waals surface area contributed by atoms with E-state index in [9.17, 15) is 14.3 Å². The molecule has 0 aromatic carbocycles. The Morgan fingerprint density at radius 1 is 0.733 bits per heavy atom. The molecule has 4 nitrogen and oxygen atoms in total. The number of carbonyl (C=O) groups excluding carboxylic acids is 1. The Morgan fingerprint density at radius 2 is 1.10 bits per heavy atom. The summed E-state index contributed by atoms with van der Waals surface area (Å²) in [7, 11) is -3.08. The zero-order valence-corrected chi connectivity index (χ0v) is 20.9. The average molecular weight is 445 g/mol. The van der Waals surface area contributed by atoms with E-state index in [4.69, 9.17) is 4.74 Å². The smallest absolute Gasteiger partial charge is 0.333 e. The summed E-state index contributed by atoms with van der Waals surface area (Å²) < 4.78 is 17.1. The molecule has 0 aliphatic heterocycles. The van der Waals surface area contributed by atoms with E-state index in [0.29, 0.717) is 18.2 Å². The van der Waals surface area contributed by atoms with Crippen LogP contribution in [0.4, 0.5) is 0 Å². The number of esters is 1. The highest BCUT2D eigenvalue weighted by atomic mass is 31.2. The molecule has 5 heteroatoms. The third-order valence-corrected chi connectivity index (χ3v) is 7.62. The Labute approximate surface area is 186 Å². The SMILES string of the molecule is C=C(C)C(=O)OCCCP(=O)(O)CCCCCCCCCCCCCCCCCC. The number of ether oxygens (including phenoxy) is 1. The van der Waals surface area contributed by atoms with Crippen molar-refractivity contribution in [2.24, 2.45) is 0 Å². The first-order valence-corrected chi connectivity index (χ1v) is 14.6. The predicted octanol–water partition coefficient (Wildman–Crippen LogP) is 8.03. The second-order valence-electron chi connectivity index (χ2n) is 8.87. The first-order chi connectivity index (χ1) is 14.4. The maximum Gasteiger partial charge on any atom is 0.333 e. The molecule has 0 fully saturated rings. The lowest BCUT2D eigenvalue weighted by Gasteiger charge is -2.11. The lowest BCUT2D eigenvalue weighted by molar-refractivity contribution is -0.138. The minimum absolute atomic E-state index is 0.190. The molecule has 0 rings (SSSR count). The average Bonchev–Trinajstić information content (AvgIpc) is 2.70. The van der Waals surface area contributed by atoms with Gasteiger partial charge in [-0.05, 0) is 19.8 Å². The quantitative estimate of drug-likeness (QED) is 0.0794. The first kappa shape index (κ1) is 29.4. The topological polar surface area (TPSA) is 63.6 Å². The summed E-state index contributed by atoms with van der Waals surface area (Å²) >= 11 is 0. The predicted molar refractivity (Wildman–Crippen MR) is 129 cm³/mol. The standard InChI is InChI=1S/C25H49O4P/c1-4-5-6-7-8-9-10-11-12-13-14-15-16-17-18-19-22-30(27,28)23-20-21-29-25(26)24(2)3/h2,4-23H2,1,3H3,(H,27,28). The molecule has 0 aliphatic rings. The summed E-state index contributed by atoms with van der Waals surface area (Å²) in [6, 6.07) is 0. The van der Waals surface area contributed by atoms with E-state index in [1.54, 1.807) is 6.92 Å². The molecule has 30 heavy (non-hydrogen) atoms. The summed E-state index contributed by atoms with van der Waals surface area (Å²) in [5.74, 6) is -0.430. The molecule has 0 aliphatic carbocycles. The van der Waals surface area contributed by atoms with Gasteiger partial charge in [-0.1, -0.05) is 110 Å². The maximum absolute atomic E-state index is 12.1. The van der Waals surface area contributed by atoms with Crippen molar-refractivity contribution in [2.75, 3.05) is 18.9 Å². The van der Waals surface area contributed by atoms with Crippen molar-refractivity contribution in [3.05, 3.63) is 12.2 Å². The Bertz CT molecular complexity index is 476. The van der Waals surface area contributed by atoms with Crippen LogP contribution in [0.5, 0.6) is 0 Å². The van der Waals surface area contributed by atoms with E-state index in [-0.39, 0.29) is 12.8 Å². The third kappa shape index (κ3) is 20.7. The fourth-order valence-electron chi connectivity index (χ4n) is 3.62. The summed E-state index contributed by atoms with van der Waals surface area (Å²) in [4.78, 5) is 21.3. The minimum Gasteiger partial charge on any atom is -0.462 e. The molecule has 0 radical (unpaired) electrons. The fraction of sp³-hybridized carbons (Fsp3) is 0.880. The molecule has 0 bridgehead atoms. The van der Waals surface area contributed by atoms with Crippen molar-refractivity contribution in [3.8, 4) is 0 Å². The van der Waals surface area contributed by atoms with E-state index in [1.165, 1.54) is 83.5 Å². The van der Waals surface area contributed by atoms with Crippen molar-refractivity contribution in [1.29, 1.82) is 0 Å². The summed E-state index contributed by atoms with van der Waals surface area (Å²) in [5, 5.41) is 0. The van der Waals surface area contributed by atoms with Gasteiger partial charge in [-0.3, -0.25) is 4.57 Å². The van der Waals surface area contributed by atoms with E-state index < -0.39 is 13.3 Å². The van der Waals surface area contributed by atoms with Crippen LogP contribution in [0.25, 0.3) is 0 Å².